The Morgan fingerprint density at radius 1 is 1.05 bits per heavy atom. The van der Waals surface area contributed by atoms with Crippen molar-refractivity contribution in [3.05, 3.63) is 45.1 Å². The third-order valence-corrected chi connectivity index (χ3v) is 3.48. The summed E-state index contributed by atoms with van der Waals surface area (Å²) in [7, 11) is 0. The van der Waals surface area contributed by atoms with Crippen molar-refractivity contribution in [2.24, 2.45) is 0 Å². The highest BCUT2D eigenvalue weighted by Gasteiger charge is 2.11. The summed E-state index contributed by atoms with van der Waals surface area (Å²) in [4.78, 5) is 15.0. The van der Waals surface area contributed by atoms with Crippen LogP contribution in [0, 0.1) is 0 Å². The molecule has 2 aromatic heterocycles. The summed E-state index contributed by atoms with van der Waals surface area (Å²) in [5, 5.41) is 2.65. The predicted molar refractivity (Wildman–Crippen MR) is 83.1 cm³/mol. The fourth-order valence-electron chi connectivity index (χ4n) is 2.65. The Labute approximate surface area is 116 Å². The first-order valence-corrected chi connectivity index (χ1v) is 7.08. The molecule has 0 aliphatic heterocycles. The quantitative estimate of drug-likeness (QED) is 0.680. The number of benzene rings is 1. The molecule has 0 saturated heterocycles. The number of para-hydroxylation sites is 1. The van der Waals surface area contributed by atoms with E-state index in [1.165, 1.54) is 0 Å². The van der Waals surface area contributed by atoms with Crippen molar-refractivity contribution in [1.82, 2.24) is 4.98 Å². The van der Waals surface area contributed by atoms with E-state index in [1.54, 1.807) is 0 Å². The lowest BCUT2D eigenvalue weighted by Crippen LogP contribution is -2.41. The zero-order chi connectivity index (χ0) is 14.1. The van der Waals surface area contributed by atoms with E-state index in [0.29, 0.717) is 0 Å². The molecule has 1 aliphatic carbocycles. The van der Waals surface area contributed by atoms with Gasteiger partial charge in [-0.2, -0.15) is 0 Å². The number of rotatable bonds is 0. The van der Waals surface area contributed by atoms with Crippen molar-refractivity contribution in [2.75, 3.05) is 0 Å². The molecule has 2 heterocycles. The van der Waals surface area contributed by atoms with E-state index >= 15 is 0 Å². The summed E-state index contributed by atoms with van der Waals surface area (Å²) in [6.45, 7) is 4.00. The van der Waals surface area contributed by atoms with Crippen LogP contribution in [0.2, 0.25) is 0 Å². The molecule has 1 aromatic carbocycles. The summed E-state index contributed by atoms with van der Waals surface area (Å²) >= 11 is 0. The molecule has 4 rings (SSSR count). The minimum atomic E-state index is -0.0278. The zero-order valence-corrected chi connectivity index (χ0v) is 11.7. The number of pyridine rings is 1. The third kappa shape index (κ3) is 1.78. The second-order valence-electron chi connectivity index (χ2n) is 4.57. The maximum Gasteiger partial charge on any atom is 0.256 e. The maximum absolute atomic E-state index is 12.1. The molecular formula is C17H17NO2. The van der Waals surface area contributed by atoms with E-state index < -0.39 is 0 Å². The molecule has 0 atom stereocenters. The molecule has 0 amide bonds. The van der Waals surface area contributed by atoms with Gasteiger partial charge in [0.2, 0.25) is 0 Å². The van der Waals surface area contributed by atoms with Gasteiger partial charge in [0, 0.05) is 15.8 Å². The summed E-state index contributed by atoms with van der Waals surface area (Å²) in [6, 6.07) is 7.78. The van der Waals surface area contributed by atoms with Crippen molar-refractivity contribution in [2.45, 2.75) is 26.7 Å². The fraction of sp³-hybridized carbons (Fsp3) is 0.235. The maximum atomic E-state index is 12.1. The Morgan fingerprint density at radius 2 is 1.75 bits per heavy atom. The summed E-state index contributed by atoms with van der Waals surface area (Å²) in [5.41, 5.74) is 2.39. The van der Waals surface area contributed by atoms with E-state index in [0.717, 1.165) is 45.3 Å². The largest absolute Gasteiger partial charge is 0.454 e. The Bertz CT molecular complexity index is 945. The van der Waals surface area contributed by atoms with Crippen LogP contribution in [0.5, 0.6) is 0 Å². The average molecular weight is 267 g/mol. The van der Waals surface area contributed by atoms with Gasteiger partial charge in [0.1, 0.15) is 5.58 Å². The number of nitrogens with one attached hydrogen (secondary N) is 1. The van der Waals surface area contributed by atoms with Gasteiger partial charge in [-0.1, -0.05) is 38.1 Å². The van der Waals surface area contributed by atoms with Crippen LogP contribution < -0.4 is 16.0 Å². The molecule has 102 valence electrons. The fourth-order valence-corrected chi connectivity index (χ4v) is 2.65. The van der Waals surface area contributed by atoms with Crippen LogP contribution in [0.25, 0.3) is 34.2 Å². The van der Waals surface area contributed by atoms with Crippen molar-refractivity contribution in [3.8, 4) is 0 Å². The van der Waals surface area contributed by atoms with Crippen LogP contribution in [-0.4, -0.2) is 4.98 Å². The van der Waals surface area contributed by atoms with Crippen molar-refractivity contribution >= 4 is 34.2 Å². The molecule has 3 nitrogen and oxygen atoms in total. The Hall–Kier alpha value is -2.29. The monoisotopic (exact) mass is 267 g/mol. The Kier molecular flexibility index (Phi) is 3.18. The molecule has 0 saturated carbocycles. The van der Waals surface area contributed by atoms with Crippen LogP contribution in [0.3, 0.4) is 0 Å². The van der Waals surface area contributed by atoms with Gasteiger partial charge in [0.15, 0.2) is 5.58 Å². The highest BCUT2D eigenvalue weighted by molar-refractivity contribution is 6.02. The van der Waals surface area contributed by atoms with Crippen LogP contribution in [0.4, 0.5) is 0 Å². The summed E-state index contributed by atoms with van der Waals surface area (Å²) in [6.07, 6.45) is 5.96. The first-order chi connectivity index (χ1) is 9.84. The van der Waals surface area contributed by atoms with E-state index in [9.17, 15) is 4.79 Å². The number of aromatic nitrogens is 1. The molecule has 0 bridgehead atoms. The number of H-pyrrole nitrogens is 1. The van der Waals surface area contributed by atoms with E-state index in [2.05, 4.69) is 11.1 Å². The van der Waals surface area contributed by atoms with Gasteiger partial charge < -0.3 is 9.40 Å². The molecule has 20 heavy (non-hydrogen) atoms. The minimum Gasteiger partial charge on any atom is -0.454 e. The second-order valence-corrected chi connectivity index (χ2v) is 4.57. The Morgan fingerprint density at radius 3 is 2.55 bits per heavy atom. The smallest absolute Gasteiger partial charge is 0.256 e. The number of fused-ring (bicyclic) bond motifs is 5. The number of hydrogen-bond donors (Lipinski definition) is 1. The standard InChI is InChI=1S/C15H11NO2.C2H6/c17-15-10-6-2-1-5-9(10)14-13(16-15)11-7-3-4-8-12(11)18-14;1-2/h3-8H,1-2H2,(H,16,17);1-2H3. The lowest BCUT2D eigenvalue weighted by molar-refractivity contribution is 0.663. The summed E-state index contributed by atoms with van der Waals surface area (Å²) in [5.74, 6) is 0. The van der Waals surface area contributed by atoms with Gasteiger partial charge in [-0.05, 0) is 25.0 Å². The second kappa shape index (κ2) is 5.00. The van der Waals surface area contributed by atoms with Gasteiger partial charge in [0.25, 0.3) is 5.56 Å². The molecule has 0 unspecified atom stereocenters. The van der Waals surface area contributed by atoms with E-state index in [-0.39, 0.29) is 5.56 Å². The molecule has 0 fully saturated rings. The number of hydrogen-bond acceptors (Lipinski definition) is 2. The van der Waals surface area contributed by atoms with Gasteiger partial charge >= 0.3 is 0 Å². The molecule has 1 N–H and O–H groups in total. The highest BCUT2D eigenvalue weighted by atomic mass is 16.3. The van der Waals surface area contributed by atoms with Crippen molar-refractivity contribution in [3.63, 3.8) is 0 Å². The topological polar surface area (TPSA) is 46.0 Å². The minimum absolute atomic E-state index is 0.0278. The third-order valence-electron chi connectivity index (χ3n) is 3.48. The zero-order valence-electron chi connectivity index (χ0n) is 11.7. The Balaban J connectivity index is 0.000000581. The molecule has 0 spiro atoms. The van der Waals surface area contributed by atoms with Gasteiger partial charge in [0.05, 0.1) is 5.52 Å². The first kappa shape index (κ1) is 12.7. The van der Waals surface area contributed by atoms with Crippen LogP contribution in [-0.2, 0) is 0 Å². The lowest BCUT2D eigenvalue weighted by atomic mass is 10.1. The molecule has 3 aromatic rings. The normalized spacial score (nSPS) is 13.1. The summed E-state index contributed by atoms with van der Waals surface area (Å²) < 4.78 is 5.88. The first-order valence-electron chi connectivity index (χ1n) is 7.08. The van der Waals surface area contributed by atoms with Crippen LogP contribution >= 0.6 is 0 Å². The van der Waals surface area contributed by atoms with Crippen molar-refractivity contribution in [1.29, 1.82) is 0 Å². The van der Waals surface area contributed by atoms with Crippen LogP contribution in [0.1, 0.15) is 26.7 Å². The average Bonchev–Trinajstić information content (AvgIpc) is 2.89. The highest BCUT2D eigenvalue weighted by Crippen LogP contribution is 2.23. The van der Waals surface area contributed by atoms with Crippen molar-refractivity contribution < 1.29 is 4.42 Å². The van der Waals surface area contributed by atoms with E-state index in [1.807, 2.05) is 44.2 Å². The predicted octanol–water partition coefficient (Wildman–Crippen LogP) is 2.66. The van der Waals surface area contributed by atoms with Crippen LogP contribution in [0.15, 0.2) is 33.5 Å². The molecular weight excluding hydrogens is 250 g/mol. The van der Waals surface area contributed by atoms with Gasteiger partial charge in [-0.25, -0.2) is 0 Å². The lowest BCUT2D eigenvalue weighted by Gasteiger charge is -1.99. The SMILES string of the molecule is CC.O=c1[nH]c2c(oc3ccccc32)c2c1=CCCC=2. The molecule has 3 heteroatoms. The molecule has 0 radical (unpaired) electrons. The molecule has 1 aliphatic rings. The number of furan rings is 1. The number of aromatic amines is 1. The van der Waals surface area contributed by atoms with Gasteiger partial charge in [-0.15, -0.1) is 0 Å². The van der Waals surface area contributed by atoms with Gasteiger partial charge in [-0.3, -0.25) is 4.79 Å². The van der Waals surface area contributed by atoms with E-state index in [4.69, 9.17) is 4.42 Å².